The van der Waals surface area contributed by atoms with Gasteiger partial charge in [0.15, 0.2) is 0 Å². The molecule has 0 aliphatic carbocycles. The zero-order chi connectivity index (χ0) is 11.9. The third kappa shape index (κ3) is 3.22. The van der Waals surface area contributed by atoms with Crippen LogP contribution in [0.25, 0.3) is 11.1 Å². The van der Waals surface area contributed by atoms with Crippen molar-refractivity contribution in [2.75, 3.05) is 25.5 Å². The van der Waals surface area contributed by atoms with Gasteiger partial charge in [-0.1, -0.05) is 6.07 Å². The van der Waals surface area contributed by atoms with Crippen molar-refractivity contribution in [3.63, 3.8) is 0 Å². The lowest BCUT2D eigenvalue weighted by Crippen LogP contribution is -2.18. The number of nitrogens with zero attached hydrogens (tertiary/aromatic N) is 3. The molecule has 5 heteroatoms. The van der Waals surface area contributed by atoms with Crippen molar-refractivity contribution in [3.05, 3.63) is 36.9 Å². The van der Waals surface area contributed by atoms with Gasteiger partial charge >= 0.3 is 0 Å². The summed E-state index contributed by atoms with van der Waals surface area (Å²) >= 11 is 0. The van der Waals surface area contributed by atoms with Crippen LogP contribution in [0, 0.1) is 0 Å². The Kier molecular flexibility index (Phi) is 3.99. The van der Waals surface area contributed by atoms with E-state index in [2.05, 4.69) is 25.6 Å². The second-order valence-electron chi connectivity index (χ2n) is 3.57. The van der Waals surface area contributed by atoms with Crippen LogP contribution in [0.15, 0.2) is 36.9 Å². The number of rotatable bonds is 5. The molecular formula is C12H15N5. The Bertz CT molecular complexity index is 440. The minimum absolute atomic E-state index is 0.646. The smallest absolute Gasteiger partial charge is 0.222 e. The fourth-order valence-electron chi connectivity index (χ4n) is 1.40. The number of aromatic nitrogens is 3. The fourth-order valence-corrected chi connectivity index (χ4v) is 1.40. The van der Waals surface area contributed by atoms with Gasteiger partial charge in [0.25, 0.3) is 0 Å². The minimum atomic E-state index is 0.646. The number of nitrogens with one attached hydrogen (secondary N) is 2. The van der Waals surface area contributed by atoms with Gasteiger partial charge in [-0.15, -0.1) is 0 Å². The molecule has 0 unspecified atom stereocenters. The van der Waals surface area contributed by atoms with E-state index in [4.69, 9.17) is 0 Å². The summed E-state index contributed by atoms with van der Waals surface area (Å²) in [4.78, 5) is 12.6. The van der Waals surface area contributed by atoms with Crippen molar-refractivity contribution < 1.29 is 0 Å². The quantitative estimate of drug-likeness (QED) is 0.754. The average Bonchev–Trinajstić information content (AvgIpc) is 2.41. The number of anilines is 1. The topological polar surface area (TPSA) is 62.7 Å². The maximum absolute atomic E-state index is 4.25. The van der Waals surface area contributed by atoms with Gasteiger partial charge in [-0.2, -0.15) is 0 Å². The predicted octanol–water partition coefficient (Wildman–Crippen LogP) is 1.17. The lowest BCUT2D eigenvalue weighted by atomic mass is 10.2. The van der Waals surface area contributed by atoms with Crippen LogP contribution in [0.3, 0.4) is 0 Å². The highest BCUT2D eigenvalue weighted by Crippen LogP contribution is 2.15. The van der Waals surface area contributed by atoms with Crippen LogP contribution in [-0.4, -0.2) is 35.1 Å². The van der Waals surface area contributed by atoms with E-state index in [1.165, 1.54) is 0 Å². The molecule has 0 amide bonds. The SMILES string of the molecule is CNCCNc1ncc(-c2cccnc2)cn1. The molecule has 0 aromatic carbocycles. The first-order valence-electron chi connectivity index (χ1n) is 5.51. The molecule has 17 heavy (non-hydrogen) atoms. The van der Waals surface area contributed by atoms with E-state index in [-0.39, 0.29) is 0 Å². The standard InChI is InChI=1S/C12H15N5/c1-13-5-6-15-12-16-8-11(9-17-12)10-3-2-4-14-7-10/h2-4,7-9,13H,5-6H2,1H3,(H,15,16,17). The Morgan fingerprint density at radius 3 is 2.53 bits per heavy atom. The summed E-state index contributed by atoms with van der Waals surface area (Å²) in [5, 5.41) is 6.17. The Hall–Kier alpha value is -2.01. The van der Waals surface area contributed by atoms with Crippen molar-refractivity contribution in [2.45, 2.75) is 0 Å². The summed E-state index contributed by atoms with van der Waals surface area (Å²) in [6.07, 6.45) is 7.14. The van der Waals surface area contributed by atoms with Gasteiger partial charge in [-0.25, -0.2) is 9.97 Å². The molecule has 0 saturated carbocycles. The average molecular weight is 229 g/mol. The second kappa shape index (κ2) is 5.91. The molecule has 0 atom stereocenters. The van der Waals surface area contributed by atoms with E-state index >= 15 is 0 Å². The van der Waals surface area contributed by atoms with Crippen LogP contribution in [0.4, 0.5) is 5.95 Å². The molecule has 2 heterocycles. The van der Waals surface area contributed by atoms with Crippen molar-refractivity contribution in [3.8, 4) is 11.1 Å². The minimum Gasteiger partial charge on any atom is -0.353 e. The van der Waals surface area contributed by atoms with E-state index in [1.54, 1.807) is 24.8 Å². The molecule has 0 fully saturated rings. The molecule has 0 radical (unpaired) electrons. The Morgan fingerprint density at radius 1 is 1.06 bits per heavy atom. The summed E-state index contributed by atoms with van der Waals surface area (Å²) in [7, 11) is 1.91. The van der Waals surface area contributed by atoms with Crippen LogP contribution < -0.4 is 10.6 Å². The Balaban J connectivity index is 2.03. The molecule has 0 saturated heterocycles. The van der Waals surface area contributed by atoms with E-state index in [9.17, 15) is 0 Å². The molecular weight excluding hydrogens is 214 g/mol. The summed E-state index contributed by atoms with van der Waals surface area (Å²) in [5.41, 5.74) is 1.99. The van der Waals surface area contributed by atoms with E-state index in [0.717, 1.165) is 24.2 Å². The van der Waals surface area contributed by atoms with Gasteiger partial charge in [-0.3, -0.25) is 4.98 Å². The summed E-state index contributed by atoms with van der Waals surface area (Å²) in [6.45, 7) is 1.69. The number of pyridine rings is 1. The van der Waals surface area contributed by atoms with Crippen LogP contribution in [0.1, 0.15) is 0 Å². The normalized spacial score (nSPS) is 10.2. The predicted molar refractivity (Wildman–Crippen MR) is 67.7 cm³/mol. The molecule has 2 N–H and O–H groups in total. The Morgan fingerprint density at radius 2 is 1.88 bits per heavy atom. The summed E-state index contributed by atoms with van der Waals surface area (Å²) in [6, 6.07) is 3.88. The van der Waals surface area contributed by atoms with Gasteiger partial charge < -0.3 is 10.6 Å². The fraction of sp³-hybridized carbons (Fsp3) is 0.250. The van der Waals surface area contributed by atoms with Crippen molar-refractivity contribution in [1.82, 2.24) is 20.3 Å². The Labute approximate surface area is 100 Å². The van der Waals surface area contributed by atoms with Gasteiger partial charge in [0.05, 0.1) is 0 Å². The monoisotopic (exact) mass is 229 g/mol. The maximum atomic E-state index is 4.25. The highest BCUT2D eigenvalue weighted by Gasteiger charge is 1.99. The van der Waals surface area contributed by atoms with Crippen LogP contribution in [0.5, 0.6) is 0 Å². The number of likely N-dealkylation sites (N-methyl/N-ethyl adjacent to an activating group) is 1. The lowest BCUT2D eigenvalue weighted by molar-refractivity contribution is 0.817. The largest absolute Gasteiger partial charge is 0.353 e. The van der Waals surface area contributed by atoms with E-state index < -0.39 is 0 Å². The van der Waals surface area contributed by atoms with Crippen LogP contribution in [-0.2, 0) is 0 Å². The molecule has 5 nitrogen and oxygen atoms in total. The molecule has 2 aromatic rings. The van der Waals surface area contributed by atoms with Crippen LogP contribution >= 0.6 is 0 Å². The maximum Gasteiger partial charge on any atom is 0.222 e. The zero-order valence-electron chi connectivity index (χ0n) is 9.72. The van der Waals surface area contributed by atoms with Crippen LogP contribution in [0.2, 0.25) is 0 Å². The lowest BCUT2D eigenvalue weighted by Gasteiger charge is -2.04. The van der Waals surface area contributed by atoms with Gasteiger partial charge in [-0.05, 0) is 13.1 Å². The summed E-state index contributed by atoms with van der Waals surface area (Å²) < 4.78 is 0. The van der Waals surface area contributed by atoms with Gasteiger partial charge in [0.1, 0.15) is 0 Å². The molecule has 0 spiro atoms. The number of hydrogen-bond donors (Lipinski definition) is 2. The molecule has 0 aliphatic heterocycles. The first kappa shape index (κ1) is 11.5. The van der Waals surface area contributed by atoms with Crippen molar-refractivity contribution in [1.29, 1.82) is 0 Å². The third-order valence-electron chi connectivity index (χ3n) is 2.30. The van der Waals surface area contributed by atoms with Crippen molar-refractivity contribution >= 4 is 5.95 Å². The first-order valence-corrected chi connectivity index (χ1v) is 5.51. The summed E-state index contributed by atoms with van der Waals surface area (Å²) in [5.74, 6) is 0.646. The first-order chi connectivity index (χ1) is 8.40. The third-order valence-corrected chi connectivity index (χ3v) is 2.30. The molecule has 2 rings (SSSR count). The van der Waals surface area contributed by atoms with E-state index in [1.807, 2.05) is 19.2 Å². The second-order valence-corrected chi connectivity index (χ2v) is 3.57. The molecule has 0 bridgehead atoms. The van der Waals surface area contributed by atoms with Crippen molar-refractivity contribution in [2.24, 2.45) is 0 Å². The van der Waals surface area contributed by atoms with E-state index in [0.29, 0.717) is 5.95 Å². The highest BCUT2D eigenvalue weighted by molar-refractivity contribution is 5.60. The molecule has 2 aromatic heterocycles. The highest BCUT2D eigenvalue weighted by atomic mass is 15.1. The van der Waals surface area contributed by atoms with Gasteiger partial charge in [0.2, 0.25) is 5.95 Å². The molecule has 88 valence electrons. The number of hydrogen-bond acceptors (Lipinski definition) is 5. The van der Waals surface area contributed by atoms with Gasteiger partial charge in [0, 0.05) is 49.0 Å². The molecule has 0 aliphatic rings. The zero-order valence-corrected chi connectivity index (χ0v) is 9.72.